The Labute approximate surface area is 182 Å². The molecule has 1 atom stereocenters. The molecule has 5 heteroatoms. The van der Waals surface area contributed by atoms with Crippen molar-refractivity contribution in [2.75, 3.05) is 14.2 Å². The molecule has 4 aromatic rings. The predicted octanol–water partition coefficient (Wildman–Crippen LogP) is 5.28. The molecule has 0 aliphatic rings. The third-order valence-electron chi connectivity index (χ3n) is 5.50. The van der Waals surface area contributed by atoms with Gasteiger partial charge in [0, 0.05) is 23.2 Å². The fraction of sp³-hybridized carbons (Fsp3) is 0.269. The highest BCUT2D eigenvalue weighted by atomic mass is 16.5. The molecule has 3 aromatic carbocycles. The Balaban J connectivity index is 1.38. The van der Waals surface area contributed by atoms with E-state index in [0.717, 1.165) is 33.9 Å². The Bertz CT molecular complexity index is 1210. The smallest absolute Gasteiger partial charge is 0.220 e. The number of fused-ring (bicyclic) bond motifs is 3. The number of rotatable bonds is 8. The van der Waals surface area contributed by atoms with Gasteiger partial charge in [0.1, 0.15) is 11.2 Å². The van der Waals surface area contributed by atoms with E-state index in [1.165, 1.54) is 5.56 Å². The molecule has 0 saturated carbocycles. The van der Waals surface area contributed by atoms with Crippen LogP contribution >= 0.6 is 0 Å². The first-order chi connectivity index (χ1) is 15.1. The van der Waals surface area contributed by atoms with Crippen molar-refractivity contribution in [3.63, 3.8) is 0 Å². The van der Waals surface area contributed by atoms with Crippen LogP contribution in [0, 0.1) is 0 Å². The van der Waals surface area contributed by atoms with E-state index in [1.807, 2.05) is 49.4 Å². The van der Waals surface area contributed by atoms with Gasteiger partial charge in [-0.1, -0.05) is 36.4 Å². The zero-order valence-electron chi connectivity index (χ0n) is 18.1. The molecule has 0 aliphatic carbocycles. The van der Waals surface area contributed by atoms with E-state index < -0.39 is 0 Å². The number of furan rings is 1. The standard InChI is InChI=1S/C26H27NO4/c1-17(27-25(28)14-12-19-7-6-10-24(29-2)26(19)30-3)15-18-11-13-23-21(16-18)20-8-4-5-9-22(20)31-23/h4-11,13,16-17H,12,14-15H2,1-3H3,(H,27,28)/t17-/m0/s1. The van der Waals surface area contributed by atoms with E-state index >= 15 is 0 Å². The SMILES string of the molecule is COc1cccc(CCC(=O)N[C@@H](C)Cc2ccc3oc4ccccc4c3c2)c1OC. The number of carbonyl (C=O) groups is 1. The van der Waals surface area contributed by atoms with Crippen LogP contribution in [0.4, 0.5) is 0 Å². The molecular formula is C26H27NO4. The number of hydrogen-bond acceptors (Lipinski definition) is 4. The third kappa shape index (κ3) is 4.50. The van der Waals surface area contributed by atoms with E-state index in [4.69, 9.17) is 13.9 Å². The van der Waals surface area contributed by atoms with Crippen LogP contribution in [0.25, 0.3) is 21.9 Å². The van der Waals surface area contributed by atoms with Crippen molar-refractivity contribution < 1.29 is 18.7 Å². The number of aryl methyl sites for hydroxylation is 1. The van der Waals surface area contributed by atoms with Crippen LogP contribution in [-0.2, 0) is 17.6 Å². The Morgan fingerprint density at radius 3 is 2.58 bits per heavy atom. The second-order valence-corrected chi connectivity index (χ2v) is 7.75. The summed E-state index contributed by atoms with van der Waals surface area (Å²) < 4.78 is 16.7. The fourth-order valence-corrected chi connectivity index (χ4v) is 4.05. The summed E-state index contributed by atoms with van der Waals surface area (Å²) in [7, 11) is 3.23. The topological polar surface area (TPSA) is 60.7 Å². The molecule has 1 heterocycles. The number of benzene rings is 3. The second-order valence-electron chi connectivity index (χ2n) is 7.75. The summed E-state index contributed by atoms with van der Waals surface area (Å²) in [6.45, 7) is 2.03. The molecule has 0 radical (unpaired) electrons. The van der Waals surface area contributed by atoms with Crippen LogP contribution < -0.4 is 14.8 Å². The van der Waals surface area contributed by atoms with Crippen molar-refractivity contribution in [3.05, 3.63) is 71.8 Å². The lowest BCUT2D eigenvalue weighted by Gasteiger charge is -2.15. The van der Waals surface area contributed by atoms with Crippen LogP contribution in [0.3, 0.4) is 0 Å². The highest BCUT2D eigenvalue weighted by Crippen LogP contribution is 2.31. The summed E-state index contributed by atoms with van der Waals surface area (Å²) in [6.07, 6.45) is 1.73. The third-order valence-corrected chi connectivity index (χ3v) is 5.50. The van der Waals surface area contributed by atoms with Crippen LogP contribution in [0.2, 0.25) is 0 Å². The second kappa shape index (κ2) is 9.13. The maximum absolute atomic E-state index is 12.5. The molecule has 160 valence electrons. The Hall–Kier alpha value is -3.47. The molecule has 0 fully saturated rings. The molecule has 0 spiro atoms. The average Bonchev–Trinajstić information content (AvgIpc) is 3.15. The molecule has 1 amide bonds. The van der Waals surface area contributed by atoms with Gasteiger partial charge in [-0.05, 0) is 55.2 Å². The van der Waals surface area contributed by atoms with Gasteiger partial charge in [0.2, 0.25) is 5.91 Å². The van der Waals surface area contributed by atoms with Crippen molar-refractivity contribution in [2.24, 2.45) is 0 Å². The van der Waals surface area contributed by atoms with E-state index in [2.05, 4.69) is 23.5 Å². The summed E-state index contributed by atoms with van der Waals surface area (Å²) in [6, 6.07) is 20.0. The monoisotopic (exact) mass is 417 g/mol. The largest absolute Gasteiger partial charge is 0.493 e. The average molecular weight is 418 g/mol. The lowest BCUT2D eigenvalue weighted by atomic mass is 10.0. The van der Waals surface area contributed by atoms with Crippen LogP contribution in [0.5, 0.6) is 11.5 Å². The minimum Gasteiger partial charge on any atom is -0.493 e. The summed E-state index contributed by atoms with van der Waals surface area (Å²) in [5.74, 6) is 1.38. The normalized spacial score (nSPS) is 12.1. The van der Waals surface area contributed by atoms with Crippen LogP contribution in [0.1, 0.15) is 24.5 Å². The van der Waals surface area contributed by atoms with Gasteiger partial charge in [0.25, 0.3) is 0 Å². The van der Waals surface area contributed by atoms with Crippen molar-refractivity contribution >= 4 is 27.8 Å². The minimum atomic E-state index is 0.0206. The van der Waals surface area contributed by atoms with Gasteiger partial charge >= 0.3 is 0 Å². The summed E-state index contributed by atoms with van der Waals surface area (Å²) >= 11 is 0. The molecule has 5 nitrogen and oxygen atoms in total. The minimum absolute atomic E-state index is 0.0206. The first kappa shape index (κ1) is 20.8. The number of ether oxygens (including phenoxy) is 2. The lowest BCUT2D eigenvalue weighted by Crippen LogP contribution is -2.34. The quantitative estimate of drug-likeness (QED) is 0.424. The molecular weight excluding hydrogens is 390 g/mol. The predicted molar refractivity (Wildman–Crippen MR) is 123 cm³/mol. The van der Waals surface area contributed by atoms with Crippen molar-refractivity contribution in [1.82, 2.24) is 5.32 Å². The van der Waals surface area contributed by atoms with Gasteiger partial charge in [0.15, 0.2) is 11.5 Å². The Kier molecular flexibility index (Phi) is 6.12. The first-order valence-corrected chi connectivity index (χ1v) is 10.5. The van der Waals surface area contributed by atoms with Crippen LogP contribution in [0.15, 0.2) is 65.1 Å². The molecule has 0 bridgehead atoms. The van der Waals surface area contributed by atoms with Gasteiger partial charge in [-0.2, -0.15) is 0 Å². The maximum Gasteiger partial charge on any atom is 0.220 e. The number of methoxy groups -OCH3 is 2. The highest BCUT2D eigenvalue weighted by Gasteiger charge is 2.14. The summed E-state index contributed by atoms with van der Waals surface area (Å²) in [4.78, 5) is 12.5. The first-order valence-electron chi connectivity index (χ1n) is 10.5. The number of amides is 1. The molecule has 1 N–H and O–H groups in total. The van der Waals surface area contributed by atoms with Gasteiger partial charge in [-0.3, -0.25) is 4.79 Å². The molecule has 0 aliphatic heterocycles. The van der Waals surface area contributed by atoms with Crippen molar-refractivity contribution in [3.8, 4) is 11.5 Å². The zero-order valence-corrected chi connectivity index (χ0v) is 18.1. The zero-order chi connectivity index (χ0) is 21.8. The highest BCUT2D eigenvalue weighted by molar-refractivity contribution is 6.04. The number of carbonyl (C=O) groups excluding carboxylic acids is 1. The Morgan fingerprint density at radius 1 is 0.968 bits per heavy atom. The van der Waals surface area contributed by atoms with Crippen LogP contribution in [-0.4, -0.2) is 26.2 Å². The summed E-state index contributed by atoms with van der Waals surface area (Å²) in [5.41, 5.74) is 3.90. The fourth-order valence-electron chi connectivity index (χ4n) is 4.05. The van der Waals surface area contributed by atoms with E-state index in [1.54, 1.807) is 14.2 Å². The molecule has 1 aromatic heterocycles. The molecule has 4 rings (SSSR count). The van der Waals surface area contributed by atoms with Gasteiger partial charge in [0.05, 0.1) is 14.2 Å². The van der Waals surface area contributed by atoms with E-state index in [0.29, 0.717) is 24.3 Å². The molecule has 31 heavy (non-hydrogen) atoms. The van der Waals surface area contributed by atoms with Gasteiger partial charge in [-0.25, -0.2) is 0 Å². The van der Waals surface area contributed by atoms with E-state index in [9.17, 15) is 4.79 Å². The van der Waals surface area contributed by atoms with Gasteiger partial charge in [-0.15, -0.1) is 0 Å². The lowest BCUT2D eigenvalue weighted by molar-refractivity contribution is -0.121. The van der Waals surface area contributed by atoms with E-state index in [-0.39, 0.29) is 11.9 Å². The number of para-hydroxylation sites is 2. The number of nitrogens with one attached hydrogen (secondary N) is 1. The molecule has 0 saturated heterocycles. The van der Waals surface area contributed by atoms with Gasteiger partial charge < -0.3 is 19.2 Å². The number of hydrogen-bond donors (Lipinski definition) is 1. The van der Waals surface area contributed by atoms with Crippen molar-refractivity contribution in [1.29, 1.82) is 0 Å². The van der Waals surface area contributed by atoms with Crippen molar-refractivity contribution in [2.45, 2.75) is 32.2 Å². The Morgan fingerprint density at radius 2 is 1.77 bits per heavy atom. The maximum atomic E-state index is 12.5. The summed E-state index contributed by atoms with van der Waals surface area (Å²) in [5, 5.41) is 5.33. The molecule has 0 unspecified atom stereocenters.